The molecule has 0 radical (unpaired) electrons. The zero-order valence-corrected chi connectivity index (χ0v) is 9.08. The molecular weight excluding hydrogens is 246 g/mol. The Morgan fingerprint density at radius 1 is 0.706 bits per heavy atom. The number of hydrogen-bond acceptors (Lipinski definition) is 0. The maximum Gasteiger partial charge on any atom is 0.416 e. The van der Waals surface area contributed by atoms with Gasteiger partial charge in [-0.15, -0.1) is 0 Å². The molecule has 1 aromatic carbocycles. The quantitative estimate of drug-likeness (QED) is 0.647. The summed E-state index contributed by atoms with van der Waals surface area (Å²) in [5.41, 5.74) is -3.32. The van der Waals surface area contributed by atoms with E-state index in [1.165, 1.54) is 0 Å². The van der Waals surface area contributed by atoms with E-state index in [1.54, 1.807) is 0 Å². The minimum absolute atomic E-state index is 0.196. The molecule has 0 atom stereocenters. The lowest BCUT2D eigenvalue weighted by molar-refractivity contribution is -0.180. The summed E-state index contributed by atoms with van der Waals surface area (Å²) in [6.45, 7) is 1.85. The highest BCUT2D eigenvalue weighted by Gasteiger charge is 2.48. The zero-order chi connectivity index (χ0) is 13.5. The molecule has 0 aliphatic carbocycles. The van der Waals surface area contributed by atoms with Crippen LogP contribution in [0.1, 0.15) is 25.0 Å². The van der Waals surface area contributed by atoms with E-state index >= 15 is 0 Å². The van der Waals surface area contributed by atoms with Gasteiger partial charge in [0.25, 0.3) is 0 Å². The highest BCUT2D eigenvalue weighted by Crippen LogP contribution is 2.41. The second-order valence-corrected chi connectivity index (χ2v) is 4.20. The summed E-state index contributed by atoms with van der Waals surface area (Å²) in [6, 6.07) is 3.03. The fraction of sp³-hybridized carbons (Fsp3) is 0.455. The minimum Gasteiger partial charge on any atom is -0.170 e. The van der Waals surface area contributed by atoms with Crippen molar-refractivity contribution < 1.29 is 26.3 Å². The van der Waals surface area contributed by atoms with E-state index in [1.807, 2.05) is 0 Å². The molecule has 0 heterocycles. The van der Waals surface area contributed by atoms with Gasteiger partial charge in [-0.25, -0.2) is 0 Å². The minimum atomic E-state index is -4.54. The van der Waals surface area contributed by atoms with Crippen LogP contribution in [0.4, 0.5) is 26.3 Å². The van der Waals surface area contributed by atoms with Gasteiger partial charge in [0.15, 0.2) is 0 Å². The average molecular weight is 256 g/mol. The molecule has 17 heavy (non-hydrogen) atoms. The molecule has 0 unspecified atom stereocenters. The second kappa shape index (κ2) is 3.92. The van der Waals surface area contributed by atoms with Gasteiger partial charge in [-0.3, -0.25) is 0 Å². The highest BCUT2D eigenvalue weighted by atomic mass is 19.4. The maximum atomic E-state index is 12.6. The van der Waals surface area contributed by atoms with Crippen molar-refractivity contribution in [1.82, 2.24) is 0 Å². The lowest BCUT2D eigenvalue weighted by Crippen LogP contribution is -2.36. The van der Waals surface area contributed by atoms with E-state index in [-0.39, 0.29) is 5.56 Å². The van der Waals surface area contributed by atoms with Crippen LogP contribution in [0.3, 0.4) is 0 Å². The number of halogens is 6. The Morgan fingerprint density at radius 3 is 1.35 bits per heavy atom. The molecule has 1 rings (SSSR count). The summed E-state index contributed by atoms with van der Waals surface area (Å²) < 4.78 is 74.6. The Hall–Kier alpha value is -1.20. The van der Waals surface area contributed by atoms with Crippen LogP contribution in [-0.4, -0.2) is 6.18 Å². The van der Waals surface area contributed by atoms with E-state index in [0.29, 0.717) is 12.1 Å². The summed E-state index contributed by atoms with van der Waals surface area (Å²) in [4.78, 5) is 0. The molecule has 0 nitrogen and oxygen atoms in total. The predicted octanol–water partition coefficient (Wildman–Crippen LogP) is 4.55. The fourth-order valence-corrected chi connectivity index (χ4v) is 1.24. The van der Waals surface area contributed by atoms with Crippen molar-refractivity contribution in [2.24, 2.45) is 0 Å². The van der Waals surface area contributed by atoms with Gasteiger partial charge in [0, 0.05) is 0 Å². The first-order chi connectivity index (χ1) is 7.46. The van der Waals surface area contributed by atoms with Crippen molar-refractivity contribution in [2.45, 2.75) is 31.6 Å². The summed E-state index contributed by atoms with van der Waals surface area (Å²) in [6.07, 6.45) is -9.05. The van der Waals surface area contributed by atoms with Gasteiger partial charge in [-0.2, -0.15) is 26.3 Å². The molecule has 1 aromatic rings. The molecule has 0 spiro atoms. The third kappa shape index (κ3) is 2.73. The Labute approximate surface area is 94.2 Å². The maximum absolute atomic E-state index is 12.6. The van der Waals surface area contributed by atoms with Crippen molar-refractivity contribution in [3.63, 3.8) is 0 Å². The molecule has 0 fully saturated rings. The van der Waals surface area contributed by atoms with Gasteiger partial charge in [0.05, 0.1) is 11.0 Å². The summed E-state index contributed by atoms with van der Waals surface area (Å²) in [5.74, 6) is 0. The van der Waals surface area contributed by atoms with Crippen molar-refractivity contribution in [3.8, 4) is 0 Å². The Morgan fingerprint density at radius 2 is 1.06 bits per heavy atom. The molecule has 0 saturated heterocycles. The van der Waals surface area contributed by atoms with Crippen molar-refractivity contribution >= 4 is 0 Å². The SMILES string of the molecule is CC(C)(c1ccc(C(F)(F)F)cc1)C(F)(F)F. The van der Waals surface area contributed by atoms with E-state index in [2.05, 4.69) is 0 Å². The monoisotopic (exact) mass is 256 g/mol. The first-order valence-electron chi connectivity index (χ1n) is 4.71. The standard InChI is InChI=1S/C11H10F6/c1-9(2,11(15,16)17)7-3-5-8(6-4-7)10(12,13)14/h3-6H,1-2H3. The topological polar surface area (TPSA) is 0 Å². The van der Waals surface area contributed by atoms with Gasteiger partial charge in [0.1, 0.15) is 0 Å². The van der Waals surface area contributed by atoms with Crippen molar-refractivity contribution in [1.29, 1.82) is 0 Å². The molecule has 0 N–H and O–H groups in total. The normalized spacial score (nSPS) is 13.9. The van der Waals surface area contributed by atoms with E-state index in [9.17, 15) is 26.3 Å². The van der Waals surface area contributed by atoms with E-state index in [0.717, 1.165) is 26.0 Å². The number of alkyl halides is 6. The van der Waals surface area contributed by atoms with Crippen molar-refractivity contribution in [2.75, 3.05) is 0 Å². The molecule has 0 amide bonds. The largest absolute Gasteiger partial charge is 0.416 e. The van der Waals surface area contributed by atoms with Gasteiger partial charge in [0.2, 0.25) is 0 Å². The molecule has 0 saturated carbocycles. The molecule has 0 aromatic heterocycles. The Kier molecular flexibility index (Phi) is 3.20. The van der Waals surface area contributed by atoms with Crippen molar-refractivity contribution in [3.05, 3.63) is 35.4 Å². The smallest absolute Gasteiger partial charge is 0.170 e. The van der Waals surface area contributed by atoms with Crippen LogP contribution < -0.4 is 0 Å². The lowest BCUT2D eigenvalue weighted by atomic mass is 9.83. The number of benzene rings is 1. The van der Waals surface area contributed by atoms with Crippen LogP contribution in [-0.2, 0) is 11.6 Å². The summed E-state index contributed by atoms with van der Waals surface area (Å²) >= 11 is 0. The summed E-state index contributed by atoms with van der Waals surface area (Å²) in [7, 11) is 0. The number of hydrogen-bond donors (Lipinski definition) is 0. The fourth-order valence-electron chi connectivity index (χ4n) is 1.24. The molecule has 0 aliphatic heterocycles. The summed E-state index contributed by atoms with van der Waals surface area (Å²) in [5, 5.41) is 0. The first kappa shape index (κ1) is 13.9. The molecule has 0 aliphatic rings. The van der Waals surface area contributed by atoms with E-state index in [4.69, 9.17) is 0 Å². The highest BCUT2D eigenvalue weighted by molar-refractivity contribution is 5.30. The van der Waals surface area contributed by atoms with Crippen LogP contribution in [0, 0.1) is 0 Å². The van der Waals surface area contributed by atoms with E-state index < -0.39 is 23.3 Å². The van der Waals surface area contributed by atoms with Gasteiger partial charge >= 0.3 is 12.4 Å². The Balaban J connectivity index is 3.12. The average Bonchev–Trinajstić information content (AvgIpc) is 2.15. The Bertz CT molecular complexity index is 382. The molecule has 6 heteroatoms. The van der Waals surface area contributed by atoms with Crippen LogP contribution in [0.2, 0.25) is 0 Å². The van der Waals surface area contributed by atoms with Crippen LogP contribution in [0.5, 0.6) is 0 Å². The lowest BCUT2D eigenvalue weighted by Gasteiger charge is -2.28. The van der Waals surface area contributed by atoms with Crippen LogP contribution >= 0.6 is 0 Å². The predicted molar refractivity (Wildman–Crippen MR) is 50.5 cm³/mol. The van der Waals surface area contributed by atoms with Gasteiger partial charge in [-0.1, -0.05) is 12.1 Å². The third-order valence-electron chi connectivity index (χ3n) is 2.64. The number of rotatable bonds is 1. The van der Waals surface area contributed by atoms with Gasteiger partial charge in [-0.05, 0) is 31.5 Å². The van der Waals surface area contributed by atoms with Gasteiger partial charge < -0.3 is 0 Å². The molecule has 96 valence electrons. The third-order valence-corrected chi connectivity index (χ3v) is 2.64. The first-order valence-corrected chi connectivity index (χ1v) is 4.71. The van der Waals surface area contributed by atoms with Crippen LogP contribution in [0.25, 0.3) is 0 Å². The zero-order valence-electron chi connectivity index (χ0n) is 9.08. The molecule has 0 bridgehead atoms. The molecular formula is C11H10F6. The second-order valence-electron chi connectivity index (χ2n) is 4.20. The van der Waals surface area contributed by atoms with Crippen LogP contribution in [0.15, 0.2) is 24.3 Å².